The highest BCUT2D eigenvalue weighted by atomic mass is 79.9. The van der Waals surface area contributed by atoms with Crippen molar-refractivity contribution in [2.24, 2.45) is 0 Å². The van der Waals surface area contributed by atoms with Gasteiger partial charge in [-0.1, -0.05) is 58.4 Å². The lowest BCUT2D eigenvalue weighted by atomic mass is 9.89. The molecule has 0 heterocycles. The van der Waals surface area contributed by atoms with Crippen molar-refractivity contribution in [3.8, 4) is 0 Å². The maximum Gasteiger partial charge on any atom is 0.0871 e. The summed E-state index contributed by atoms with van der Waals surface area (Å²) in [5.74, 6) is -0.0696. The number of halogens is 2. The Balaban J connectivity index is 2.28. The van der Waals surface area contributed by atoms with Gasteiger partial charge >= 0.3 is 0 Å². The smallest absolute Gasteiger partial charge is 0.0871 e. The third-order valence-corrected chi connectivity index (χ3v) is 3.94. The molecule has 0 saturated heterocycles. The fraction of sp³-hybridized carbons (Fsp3) is 0.250. The van der Waals surface area contributed by atoms with Gasteiger partial charge in [-0.2, -0.15) is 0 Å². The van der Waals surface area contributed by atoms with Crippen LogP contribution in [0.2, 0.25) is 0 Å². The van der Waals surface area contributed by atoms with Crippen molar-refractivity contribution in [3.05, 3.63) is 70.2 Å². The minimum absolute atomic E-state index is 0.0696. The summed E-state index contributed by atoms with van der Waals surface area (Å²) in [6.07, 6.45) is -0.591. The van der Waals surface area contributed by atoms with E-state index in [1.54, 1.807) is 11.5 Å². The van der Waals surface area contributed by atoms with E-state index in [0.29, 0.717) is 6.54 Å². The van der Waals surface area contributed by atoms with E-state index in [-0.39, 0.29) is 5.92 Å². The van der Waals surface area contributed by atoms with Gasteiger partial charge in [-0.15, -0.1) is 0 Å². The largest absolute Gasteiger partial charge is 0.388 e. The standard InChI is InChI=1S/C16H17BrClNO/c1-19(18)11-15(12-5-3-2-4-6-12)16(20)13-7-9-14(17)10-8-13/h2-10,15-16,20H,11H2,1H3/t15-,16-/m1/s1. The fourth-order valence-corrected chi connectivity index (χ4v) is 2.66. The Morgan fingerprint density at radius 1 is 1.05 bits per heavy atom. The van der Waals surface area contributed by atoms with E-state index in [0.717, 1.165) is 15.6 Å². The summed E-state index contributed by atoms with van der Waals surface area (Å²) in [5, 5.41) is 10.7. The molecule has 0 amide bonds. The summed E-state index contributed by atoms with van der Waals surface area (Å²) < 4.78 is 2.58. The maximum atomic E-state index is 10.7. The summed E-state index contributed by atoms with van der Waals surface area (Å²) in [6.45, 7) is 0.572. The van der Waals surface area contributed by atoms with Crippen LogP contribution in [-0.4, -0.2) is 23.1 Å². The van der Waals surface area contributed by atoms with Crippen molar-refractivity contribution in [1.29, 1.82) is 0 Å². The predicted molar refractivity (Wildman–Crippen MR) is 86.8 cm³/mol. The molecular weight excluding hydrogens is 338 g/mol. The molecule has 2 aromatic rings. The summed E-state index contributed by atoms with van der Waals surface area (Å²) in [6, 6.07) is 17.7. The van der Waals surface area contributed by atoms with Gasteiger partial charge in [0.25, 0.3) is 0 Å². The van der Waals surface area contributed by atoms with Gasteiger partial charge < -0.3 is 5.11 Å². The Hall–Kier alpha value is -0.870. The van der Waals surface area contributed by atoms with E-state index in [1.807, 2.05) is 54.6 Å². The van der Waals surface area contributed by atoms with Crippen molar-refractivity contribution >= 4 is 27.7 Å². The van der Waals surface area contributed by atoms with Crippen LogP contribution >= 0.6 is 27.7 Å². The minimum atomic E-state index is -0.591. The molecule has 2 rings (SSSR count). The molecule has 2 aromatic carbocycles. The van der Waals surface area contributed by atoms with Gasteiger partial charge in [-0.05, 0) is 35.0 Å². The Labute approximate surface area is 133 Å². The summed E-state index contributed by atoms with van der Waals surface area (Å²) >= 11 is 9.40. The molecule has 0 fully saturated rings. The van der Waals surface area contributed by atoms with Gasteiger partial charge in [0.05, 0.1) is 6.10 Å². The molecule has 2 nitrogen and oxygen atoms in total. The van der Waals surface area contributed by atoms with Crippen LogP contribution in [0, 0.1) is 0 Å². The average molecular weight is 355 g/mol. The third-order valence-electron chi connectivity index (χ3n) is 3.27. The normalized spacial score (nSPS) is 14.2. The summed E-state index contributed by atoms with van der Waals surface area (Å²) in [5.41, 5.74) is 1.97. The number of rotatable bonds is 5. The second-order valence-electron chi connectivity index (χ2n) is 4.80. The van der Waals surface area contributed by atoms with Crippen molar-refractivity contribution in [1.82, 2.24) is 4.42 Å². The van der Waals surface area contributed by atoms with E-state index in [4.69, 9.17) is 11.8 Å². The topological polar surface area (TPSA) is 23.5 Å². The van der Waals surface area contributed by atoms with Crippen LogP contribution in [-0.2, 0) is 0 Å². The summed E-state index contributed by atoms with van der Waals surface area (Å²) in [7, 11) is 1.80. The maximum absolute atomic E-state index is 10.7. The van der Waals surface area contributed by atoms with Gasteiger partial charge in [0.1, 0.15) is 0 Å². The first-order valence-electron chi connectivity index (χ1n) is 6.43. The number of aliphatic hydroxyl groups excluding tert-OH is 1. The molecular formula is C16H17BrClNO. The highest BCUT2D eigenvalue weighted by Crippen LogP contribution is 2.32. The molecule has 0 saturated carbocycles. The van der Waals surface area contributed by atoms with E-state index in [9.17, 15) is 5.11 Å². The molecule has 0 aliphatic rings. The van der Waals surface area contributed by atoms with Crippen molar-refractivity contribution in [2.45, 2.75) is 12.0 Å². The van der Waals surface area contributed by atoms with Crippen LogP contribution in [0.3, 0.4) is 0 Å². The highest BCUT2D eigenvalue weighted by molar-refractivity contribution is 9.10. The zero-order valence-electron chi connectivity index (χ0n) is 11.2. The molecule has 0 bridgehead atoms. The Morgan fingerprint density at radius 3 is 2.20 bits per heavy atom. The van der Waals surface area contributed by atoms with Crippen LogP contribution in [0.25, 0.3) is 0 Å². The molecule has 20 heavy (non-hydrogen) atoms. The molecule has 0 unspecified atom stereocenters. The minimum Gasteiger partial charge on any atom is -0.388 e. The number of likely N-dealkylation sites (N-methyl/N-ethyl adjacent to an activating group) is 1. The monoisotopic (exact) mass is 353 g/mol. The Bertz CT molecular complexity index is 530. The van der Waals surface area contributed by atoms with Crippen LogP contribution in [0.15, 0.2) is 59.1 Å². The lowest BCUT2D eigenvalue weighted by Crippen LogP contribution is -2.22. The molecule has 4 heteroatoms. The van der Waals surface area contributed by atoms with Gasteiger partial charge in [-0.25, -0.2) is 4.42 Å². The van der Waals surface area contributed by atoms with Crippen LogP contribution < -0.4 is 0 Å². The molecule has 2 atom stereocenters. The zero-order valence-corrected chi connectivity index (χ0v) is 13.6. The van der Waals surface area contributed by atoms with Gasteiger partial charge in [0.2, 0.25) is 0 Å². The lowest BCUT2D eigenvalue weighted by Gasteiger charge is -2.25. The van der Waals surface area contributed by atoms with Crippen LogP contribution in [0.4, 0.5) is 0 Å². The fourth-order valence-electron chi connectivity index (χ4n) is 2.25. The first-order chi connectivity index (χ1) is 9.58. The number of benzene rings is 2. The quantitative estimate of drug-likeness (QED) is 0.807. The van der Waals surface area contributed by atoms with Crippen molar-refractivity contribution in [2.75, 3.05) is 13.6 Å². The van der Waals surface area contributed by atoms with Gasteiger partial charge in [0.15, 0.2) is 0 Å². The molecule has 0 aromatic heterocycles. The zero-order chi connectivity index (χ0) is 14.5. The van der Waals surface area contributed by atoms with Gasteiger partial charge in [-0.3, -0.25) is 0 Å². The third kappa shape index (κ3) is 4.06. The van der Waals surface area contributed by atoms with Crippen LogP contribution in [0.5, 0.6) is 0 Å². The molecule has 0 aliphatic heterocycles. The molecule has 1 N–H and O–H groups in total. The second-order valence-corrected chi connectivity index (χ2v) is 6.29. The van der Waals surface area contributed by atoms with Crippen molar-refractivity contribution in [3.63, 3.8) is 0 Å². The molecule has 0 aliphatic carbocycles. The second kappa shape index (κ2) is 7.23. The number of hydrogen-bond donors (Lipinski definition) is 1. The number of aliphatic hydroxyl groups is 1. The molecule has 106 valence electrons. The molecule has 0 radical (unpaired) electrons. The van der Waals surface area contributed by atoms with E-state index in [2.05, 4.69) is 15.9 Å². The Morgan fingerprint density at radius 2 is 1.65 bits per heavy atom. The van der Waals surface area contributed by atoms with E-state index >= 15 is 0 Å². The van der Waals surface area contributed by atoms with Crippen LogP contribution in [0.1, 0.15) is 23.1 Å². The first kappa shape index (κ1) is 15.5. The molecule has 0 spiro atoms. The SMILES string of the molecule is CN(Cl)C[C@H](c1ccccc1)[C@H](O)c1ccc(Br)cc1. The van der Waals surface area contributed by atoms with E-state index in [1.165, 1.54) is 0 Å². The first-order valence-corrected chi connectivity index (χ1v) is 7.56. The number of hydrogen-bond acceptors (Lipinski definition) is 2. The predicted octanol–water partition coefficient (Wildman–Crippen LogP) is 4.35. The van der Waals surface area contributed by atoms with Crippen molar-refractivity contribution < 1.29 is 5.11 Å². The van der Waals surface area contributed by atoms with Gasteiger partial charge in [0, 0.05) is 24.0 Å². The highest BCUT2D eigenvalue weighted by Gasteiger charge is 2.23. The number of nitrogens with zero attached hydrogens (tertiary/aromatic N) is 1. The summed E-state index contributed by atoms with van der Waals surface area (Å²) in [4.78, 5) is 0. The average Bonchev–Trinajstić information content (AvgIpc) is 2.45. The Kier molecular flexibility index (Phi) is 5.61. The lowest BCUT2D eigenvalue weighted by molar-refractivity contribution is 0.136. The van der Waals surface area contributed by atoms with E-state index < -0.39 is 6.10 Å².